The number of carboxylic acid groups (broad SMARTS) is 1. The molecule has 1 aromatic carbocycles. The van der Waals surface area contributed by atoms with Crippen LogP contribution in [0.4, 0.5) is 10.7 Å². The zero-order chi connectivity index (χ0) is 22.0. The number of hydrogen-bond donors (Lipinski definition) is 3. The van der Waals surface area contributed by atoms with Crippen LogP contribution in [0.2, 0.25) is 0 Å². The van der Waals surface area contributed by atoms with Gasteiger partial charge < -0.3 is 20.3 Å². The second-order valence-electron chi connectivity index (χ2n) is 8.09. The average molecular weight is 415 g/mol. The molecule has 3 rings (SSSR count). The van der Waals surface area contributed by atoms with Crippen molar-refractivity contribution in [3.63, 3.8) is 0 Å². The van der Waals surface area contributed by atoms with E-state index >= 15 is 0 Å². The summed E-state index contributed by atoms with van der Waals surface area (Å²) in [5.74, 6) is -1.49. The van der Waals surface area contributed by atoms with Gasteiger partial charge in [0.1, 0.15) is 12.1 Å². The number of fused-ring (bicyclic) bond motifs is 3. The molecule has 0 spiro atoms. The molecular formula is C21H29N5O4. The van der Waals surface area contributed by atoms with Crippen LogP contribution in [-0.2, 0) is 16.1 Å². The van der Waals surface area contributed by atoms with Crippen molar-refractivity contribution in [3.8, 4) is 0 Å². The summed E-state index contributed by atoms with van der Waals surface area (Å²) < 4.78 is 1.97. The van der Waals surface area contributed by atoms with Crippen LogP contribution < -0.4 is 15.5 Å². The maximum absolute atomic E-state index is 13.0. The molecule has 0 saturated carbocycles. The second-order valence-corrected chi connectivity index (χ2v) is 8.09. The standard InChI is InChI=1S/C21H29N5O4/c1-5-13(4)17(19(28)29)23-18(27)16(12(2)3)24-21(30)26-11-10-25-15-9-7-6-8-14(15)22-20(25)26/h6-9,12-13,16-17H,5,10-11H2,1-4H3,(H,23,27)(H,24,30)(H,28,29)/t13-,16-,17-/m0/s1. The highest BCUT2D eigenvalue weighted by Gasteiger charge is 2.34. The van der Waals surface area contributed by atoms with Gasteiger partial charge in [0.2, 0.25) is 11.9 Å². The summed E-state index contributed by atoms with van der Waals surface area (Å²) in [6.07, 6.45) is 0.611. The smallest absolute Gasteiger partial charge is 0.326 e. The molecular weight excluding hydrogens is 386 g/mol. The largest absolute Gasteiger partial charge is 0.480 e. The van der Waals surface area contributed by atoms with Gasteiger partial charge in [-0.05, 0) is 24.0 Å². The van der Waals surface area contributed by atoms with Crippen molar-refractivity contribution in [1.82, 2.24) is 20.2 Å². The zero-order valence-corrected chi connectivity index (χ0v) is 17.8. The van der Waals surface area contributed by atoms with Crippen LogP contribution >= 0.6 is 0 Å². The third-order valence-electron chi connectivity index (χ3n) is 5.67. The number of carboxylic acids is 1. The summed E-state index contributed by atoms with van der Waals surface area (Å²) in [7, 11) is 0. The third kappa shape index (κ3) is 4.10. The Morgan fingerprint density at radius 3 is 2.43 bits per heavy atom. The van der Waals surface area contributed by atoms with Gasteiger partial charge in [-0.15, -0.1) is 0 Å². The highest BCUT2D eigenvalue weighted by molar-refractivity contribution is 5.97. The number of hydrogen-bond acceptors (Lipinski definition) is 4. The van der Waals surface area contributed by atoms with Gasteiger partial charge in [-0.25, -0.2) is 14.6 Å². The zero-order valence-electron chi connectivity index (χ0n) is 17.8. The number of rotatable bonds is 7. The Labute approximate surface area is 175 Å². The summed E-state index contributed by atoms with van der Waals surface area (Å²) in [5, 5.41) is 14.8. The number of amides is 3. The number of carbonyl (C=O) groups excluding carboxylic acids is 2. The first-order chi connectivity index (χ1) is 14.2. The molecule has 2 heterocycles. The van der Waals surface area contributed by atoms with Gasteiger partial charge >= 0.3 is 12.0 Å². The molecule has 1 aliphatic heterocycles. The lowest BCUT2D eigenvalue weighted by atomic mass is 9.97. The number of urea groups is 1. The number of benzene rings is 1. The van der Waals surface area contributed by atoms with E-state index < -0.39 is 30.0 Å². The number of aromatic nitrogens is 2. The Kier molecular flexibility index (Phi) is 6.28. The predicted octanol–water partition coefficient (Wildman–Crippen LogP) is 2.21. The van der Waals surface area contributed by atoms with Gasteiger partial charge in [0.25, 0.3) is 0 Å². The molecule has 0 bridgehead atoms. The molecule has 1 aliphatic rings. The molecule has 0 unspecified atom stereocenters. The molecule has 3 atom stereocenters. The average Bonchev–Trinajstić information content (AvgIpc) is 3.28. The van der Waals surface area contributed by atoms with Gasteiger partial charge in [-0.3, -0.25) is 9.69 Å². The summed E-state index contributed by atoms with van der Waals surface area (Å²) in [6, 6.07) is 5.38. The van der Waals surface area contributed by atoms with E-state index in [0.29, 0.717) is 25.5 Å². The van der Waals surface area contributed by atoms with Crippen LogP contribution in [0, 0.1) is 11.8 Å². The van der Waals surface area contributed by atoms with E-state index in [1.807, 2.05) is 49.6 Å². The molecule has 0 saturated heterocycles. The van der Waals surface area contributed by atoms with Gasteiger partial charge in [0.05, 0.1) is 11.0 Å². The van der Waals surface area contributed by atoms with E-state index in [1.54, 1.807) is 6.92 Å². The lowest BCUT2D eigenvalue weighted by Crippen LogP contribution is -2.57. The molecule has 2 aromatic rings. The molecule has 1 aromatic heterocycles. The maximum atomic E-state index is 13.0. The van der Waals surface area contributed by atoms with Crippen LogP contribution in [0.5, 0.6) is 0 Å². The van der Waals surface area contributed by atoms with Crippen molar-refractivity contribution in [2.24, 2.45) is 11.8 Å². The first kappa shape index (κ1) is 21.6. The van der Waals surface area contributed by atoms with Crippen LogP contribution in [0.15, 0.2) is 24.3 Å². The van der Waals surface area contributed by atoms with E-state index in [0.717, 1.165) is 11.0 Å². The van der Waals surface area contributed by atoms with Crippen molar-refractivity contribution >= 4 is 34.9 Å². The number of aliphatic carboxylic acids is 1. The molecule has 0 fully saturated rings. The minimum Gasteiger partial charge on any atom is -0.480 e. The highest BCUT2D eigenvalue weighted by atomic mass is 16.4. The molecule has 0 aliphatic carbocycles. The van der Waals surface area contributed by atoms with E-state index in [2.05, 4.69) is 15.6 Å². The number of anilines is 1. The van der Waals surface area contributed by atoms with Gasteiger partial charge in [0, 0.05) is 13.1 Å². The lowest BCUT2D eigenvalue weighted by molar-refractivity contribution is -0.143. The summed E-state index contributed by atoms with van der Waals surface area (Å²) >= 11 is 0. The number of nitrogens with zero attached hydrogens (tertiary/aromatic N) is 3. The summed E-state index contributed by atoms with van der Waals surface area (Å²) in [6.45, 7) is 8.34. The first-order valence-electron chi connectivity index (χ1n) is 10.3. The van der Waals surface area contributed by atoms with Crippen molar-refractivity contribution in [2.75, 3.05) is 11.4 Å². The molecule has 9 nitrogen and oxygen atoms in total. The molecule has 9 heteroatoms. The van der Waals surface area contributed by atoms with Crippen LogP contribution in [0.3, 0.4) is 0 Å². The molecule has 162 valence electrons. The minimum atomic E-state index is -1.08. The molecule has 30 heavy (non-hydrogen) atoms. The quantitative estimate of drug-likeness (QED) is 0.641. The van der Waals surface area contributed by atoms with Gasteiger partial charge in [-0.1, -0.05) is 46.2 Å². The molecule has 3 N–H and O–H groups in total. The van der Waals surface area contributed by atoms with E-state index in [1.165, 1.54) is 4.90 Å². The normalized spacial score (nSPS) is 16.2. The minimum absolute atomic E-state index is 0.221. The number of nitrogens with one attached hydrogen (secondary N) is 2. The third-order valence-corrected chi connectivity index (χ3v) is 5.67. The van der Waals surface area contributed by atoms with Crippen LogP contribution in [0.1, 0.15) is 34.1 Å². The van der Waals surface area contributed by atoms with Gasteiger partial charge in [0.15, 0.2) is 0 Å². The van der Waals surface area contributed by atoms with E-state index in [4.69, 9.17) is 0 Å². The van der Waals surface area contributed by atoms with Crippen molar-refractivity contribution in [1.29, 1.82) is 0 Å². The van der Waals surface area contributed by atoms with Crippen molar-refractivity contribution in [3.05, 3.63) is 24.3 Å². The van der Waals surface area contributed by atoms with E-state index in [9.17, 15) is 19.5 Å². The fraction of sp³-hybridized carbons (Fsp3) is 0.524. The Balaban J connectivity index is 1.75. The summed E-state index contributed by atoms with van der Waals surface area (Å²) in [5.41, 5.74) is 1.76. The van der Waals surface area contributed by atoms with Gasteiger partial charge in [-0.2, -0.15) is 0 Å². The first-order valence-corrected chi connectivity index (χ1v) is 10.3. The highest BCUT2D eigenvalue weighted by Crippen LogP contribution is 2.27. The van der Waals surface area contributed by atoms with Crippen LogP contribution in [0.25, 0.3) is 11.0 Å². The number of para-hydroxylation sites is 2. The lowest BCUT2D eigenvalue weighted by Gasteiger charge is -2.27. The number of carbonyl (C=O) groups is 3. The maximum Gasteiger partial charge on any atom is 0.326 e. The Hall–Kier alpha value is -3.10. The topological polar surface area (TPSA) is 117 Å². The Morgan fingerprint density at radius 2 is 1.80 bits per heavy atom. The monoisotopic (exact) mass is 415 g/mol. The second kappa shape index (κ2) is 8.73. The summed E-state index contributed by atoms with van der Waals surface area (Å²) in [4.78, 5) is 43.4. The fourth-order valence-electron chi connectivity index (χ4n) is 3.65. The predicted molar refractivity (Wildman–Crippen MR) is 113 cm³/mol. The molecule has 3 amide bonds. The fourth-order valence-corrected chi connectivity index (χ4v) is 3.65. The van der Waals surface area contributed by atoms with E-state index in [-0.39, 0.29) is 11.8 Å². The van der Waals surface area contributed by atoms with Crippen molar-refractivity contribution in [2.45, 2.75) is 52.7 Å². The molecule has 0 radical (unpaired) electrons. The van der Waals surface area contributed by atoms with Crippen molar-refractivity contribution < 1.29 is 19.5 Å². The van der Waals surface area contributed by atoms with Crippen LogP contribution in [-0.4, -0.2) is 51.2 Å². The number of imidazole rings is 1. The Bertz CT molecular complexity index is 954. The SMILES string of the molecule is CC[C@H](C)[C@H](NC(=O)[C@@H](NC(=O)N1CCn2c1nc1ccccc12)C(C)C)C(=O)O. The Morgan fingerprint density at radius 1 is 1.10 bits per heavy atom.